The maximum Gasteiger partial charge on any atom is 0.191 e. The number of halogens is 2. The van der Waals surface area contributed by atoms with Crippen molar-refractivity contribution in [3.63, 3.8) is 0 Å². The molecule has 0 saturated carbocycles. The van der Waals surface area contributed by atoms with Crippen molar-refractivity contribution in [3.05, 3.63) is 34.1 Å². The van der Waals surface area contributed by atoms with E-state index in [2.05, 4.69) is 24.0 Å². The van der Waals surface area contributed by atoms with Gasteiger partial charge in [-0.3, -0.25) is 0 Å². The molecule has 0 unspecified atom stereocenters. The summed E-state index contributed by atoms with van der Waals surface area (Å²) >= 11 is 13.5. The van der Waals surface area contributed by atoms with Crippen molar-refractivity contribution in [1.82, 2.24) is 14.8 Å². The number of rotatable bonds is 6. The van der Waals surface area contributed by atoms with Crippen LogP contribution in [0.3, 0.4) is 0 Å². The second kappa shape index (κ2) is 7.38. The largest absolute Gasteiger partial charge is 0.491 e. The predicted octanol–water partition coefficient (Wildman–Crippen LogP) is 4.42. The van der Waals surface area contributed by atoms with E-state index < -0.39 is 0 Å². The molecule has 0 N–H and O–H groups in total. The lowest BCUT2D eigenvalue weighted by Gasteiger charge is -2.08. The molecule has 114 valence electrons. The Morgan fingerprint density at radius 3 is 2.67 bits per heavy atom. The van der Waals surface area contributed by atoms with Crippen LogP contribution in [0, 0.1) is 0 Å². The van der Waals surface area contributed by atoms with Crippen LogP contribution in [0.2, 0.25) is 10.0 Å². The SMILES string of the molecule is CC(C)c1nnc(SCCOc2ccc(Cl)cc2Cl)n1C. The van der Waals surface area contributed by atoms with Crippen LogP contribution in [0.4, 0.5) is 0 Å². The minimum Gasteiger partial charge on any atom is -0.491 e. The highest BCUT2D eigenvalue weighted by Crippen LogP contribution is 2.28. The molecule has 7 heteroatoms. The molecule has 0 bridgehead atoms. The van der Waals surface area contributed by atoms with Crippen molar-refractivity contribution in [1.29, 1.82) is 0 Å². The van der Waals surface area contributed by atoms with Crippen molar-refractivity contribution in [3.8, 4) is 5.75 Å². The summed E-state index contributed by atoms with van der Waals surface area (Å²) in [4.78, 5) is 0. The van der Waals surface area contributed by atoms with Crippen LogP contribution in [-0.2, 0) is 7.05 Å². The minimum atomic E-state index is 0.362. The van der Waals surface area contributed by atoms with Gasteiger partial charge in [0.2, 0.25) is 0 Å². The second-order valence-electron chi connectivity index (χ2n) is 4.83. The summed E-state index contributed by atoms with van der Waals surface area (Å²) in [6, 6.07) is 5.20. The van der Waals surface area contributed by atoms with E-state index in [0.29, 0.717) is 28.3 Å². The quantitative estimate of drug-likeness (QED) is 0.574. The summed E-state index contributed by atoms with van der Waals surface area (Å²) in [5.74, 6) is 2.76. The summed E-state index contributed by atoms with van der Waals surface area (Å²) in [7, 11) is 1.98. The number of nitrogens with zero attached hydrogens (tertiary/aromatic N) is 3. The molecule has 1 aromatic heterocycles. The van der Waals surface area contributed by atoms with Crippen LogP contribution in [0.15, 0.2) is 23.4 Å². The lowest BCUT2D eigenvalue weighted by molar-refractivity contribution is 0.344. The molecule has 0 fully saturated rings. The van der Waals surface area contributed by atoms with Crippen molar-refractivity contribution in [2.45, 2.75) is 24.9 Å². The molecular formula is C14H17Cl2N3OS. The monoisotopic (exact) mass is 345 g/mol. The Hall–Kier alpha value is -0.910. The van der Waals surface area contributed by atoms with Gasteiger partial charge in [0.1, 0.15) is 11.6 Å². The van der Waals surface area contributed by atoms with Gasteiger partial charge in [-0.15, -0.1) is 10.2 Å². The molecule has 1 heterocycles. The van der Waals surface area contributed by atoms with E-state index in [-0.39, 0.29) is 0 Å². The summed E-state index contributed by atoms with van der Waals surface area (Å²) in [5, 5.41) is 10.4. The summed E-state index contributed by atoms with van der Waals surface area (Å²) in [6.45, 7) is 4.74. The Morgan fingerprint density at radius 2 is 2.05 bits per heavy atom. The maximum absolute atomic E-state index is 6.05. The van der Waals surface area contributed by atoms with Crippen molar-refractivity contribution < 1.29 is 4.74 Å². The molecule has 0 spiro atoms. The highest BCUT2D eigenvalue weighted by molar-refractivity contribution is 7.99. The average molecular weight is 346 g/mol. The fourth-order valence-electron chi connectivity index (χ4n) is 1.83. The first-order valence-corrected chi connectivity index (χ1v) is 8.33. The molecule has 0 aliphatic carbocycles. The van der Waals surface area contributed by atoms with Gasteiger partial charge in [-0.25, -0.2) is 0 Å². The molecule has 0 amide bonds. The zero-order valence-corrected chi connectivity index (χ0v) is 14.5. The second-order valence-corrected chi connectivity index (χ2v) is 6.73. The Labute approximate surface area is 138 Å². The third kappa shape index (κ3) is 4.28. The lowest BCUT2D eigenvalue weighted by atomic mass is 10.2. The maximum atomic E-state index is 6.05. The molecule has 2 rings (SSSR count). The third-order valence-electron chi connectivity index (χ3n) is 2.85. The van der Waals surface area contributed by atoms with Crippen molar-refractivity contribution in [2.75, 3.05) is 12.4 Å². The Kier molecular flexibility index (Phi) is 5.79. The van der Waals surface area contributed by atoms with Crippen LogP contribution in [-0.4, -0.2) is 27.1 Å². The molecule has 0 saturated heterocycles. The van der Waals surface area contributed by atoms with E-state index in [1.165, 1.54) is 0 Å². The number of aromatic nitrogens is 3. The third-order valence-corrected chi connectivity index (χ3v) is 4.37. The Morgan fingerprint density at radius 1 is 1.29 bits per heavy atom. The van der Waals surface area contributed by atoms with Gasteiger partial charge >= 0.3 is 0 Å². The molecule has 4 nitrogen and oxygen atoms in total. The number of thioether (sulfide) groups is 1. The predicted molar refractivity (Wildman–Crippen MR) is 87.8 cm³/mol. The van der Waals surface area contributed by atoms with Gasteiger partial charge in [0.25, 0.3) is 0 Å². The standard InChI is InChI=1S/C14H17Cl2N3OS/c1-9(2)13-17-18-14(19(13)3)21-7-6-20-12-5-4-10(15)8-11(12)16/h4-5,8-9H,6-7H2,1-3H3. The van der Waals surface area contributed by atoms with Gasteiger partial charge in [-0.2, -0.15) is 0 Å². The average Bonchev–Trinajstić information content (AvgIpc) is 2.78. The highest BCUT2D eigenvalue weighted by Gasteiger charge is 2.12. The molecule has 0 aliphatic heterocycles. The van der Waals surface area contributed by atoms with Crippen LogP contribution < -0.4 is 4.74 Å². The number of ether oxygens (including phenoxy) is 1. The van der Waals surface area contributed by atoms with Crippen LogP contribution >= 0.6 is 35.0 Å². The van der Waals surface area contributed by atoms with E-state index in [9.17, 15) is 0 Å². The highest BCUT2D eigenvalue weighted by atomic mass is 35.5. The molecule has 0 radical (unpaired) electrons. The summed E-state index contributed by atoms with van der Waals surface area (Å²) in [6.07, 6.45) is 0. The van der Waals surface area contributed by atoms with E-state index in [1.807, 2.05) is 11.6 Å². The lowest BCUT2D eigenvalue weighted by Crippen LogP contribution is -2.04. The molecule has 2 aromatic rings. The van der Waals surface area contributed by atoms with Crippen LogP contribution in [0.25, 0.3) is 0 Å². The van der Waals surface area contributed by atoms with Gasteiger partial charge in [0.15, 0.2) is 5.16 Å². The van der Waals surface area contributed by atoms with Gasteiger partial charge in [-0.1, -0.05) is 48.8 Å². The Balaban J connectivity index is 1.85. The van der Waals surface area contributed by atoms with E-state index in [1.54, 1.807) is 30.0 Å². The number of benzene rings is 1. The Bertz CT molecular complexity index is 616. The normalized spacial score (nSPS) is 11.1. The number of hydrogen-bond acceptors (Lipinski definition) is 4. The fourth-order valence-corrected chi connectivity index (χ4v) is 3.03. The first kappa shape index (κ1) is 16.5. The zero-order chi connectivity index (χ0) is 15.4. The molecule has 0 aliphatic rings. The van der Waals surface area contributed by atoms with Crippen LogP contribution in [0.5, 0.6) is 5.75 Å². The van der Waals surface area contributed by atoms with Gasteiger partial charge in [0.05, 0.1) is 11.6 Å². The van der Waals surface area contributed by atoms with Gasteiger partial charge in [-0.05, 0) is 18.2 Å². The number of hydrogen-bond donors (Lipinski definition) is 0. The first-order chi connectivity index (χ1) is 9.99. The minimum absolute atomic E-state index is 0.362. The fraction of sp³-hybridized carbons (Fsp3) is 0.429. The zero-order valence-electron chi connectivity index (χ0n) is 12.1. The first-order valence-electron chi connectivity index (χ1n) is 6.59. The summed E-state index contributed by atoms with van der Waals surface area (Å²) in [5.41, 5.74) is 0. The van der Waals surface area contributed by atoms with E-state index in [4.69, 9.17) is 27.9 Å². The van der Waals surface area contributed by atoms with Crippen molar-refractivity contribution in [2.24, 2.45) is 7.05 Å². The van der Waals surface area contributed by atoms with E-state index in [0.717, 1.165) is 16.7 Å². The van der Waals surface area contributed by atoms with Crippen LogP contribution in [0.1, 0.15) is 25.6 Å². The molecule has 21 heavy (non-hydrogen) atoms. The molecule has 0 atom stereocenters. The van der Waals surface area contributed by atoms with Gasteiger partial charge in [0, 0.05) is 23.7 Å². The van der Waals surface area contributed by atoms with E-state index >= 15 is 0 Å². The topological polar surface area (TPSA) is 39.9 Å². The molecule has 1 aromatic carbocycles. The van der Waals surface area contributed by atoms with Crippen molar-refractivity contribution >= 4 is 35.0 Å². The smallest absolute Gasteiger partial charge is 0.191 e. The van der Waals surface area contributed by atoms with Gasteiger partial charge < -0.3 is 9.30 Å². The molecular weight excluding hydrogens is 329 g/mol. The summed E-state index contributed by atoms with van der Waals surface area (Å²) < 4.78 is 7.66.